The number of fused-ring (bicyclic) bond motifs is 1. The number of hydrogen-bond acceptors (Lipinski definition) is 3. The second-order valence-electron chi connectivity index (χ2n) is 5.69. The maximum atomic E-state index is 6.05. The molecule has 1 fully saturated rings. The standard InChI is InChI=1S/C16H21N3/c1-3-16(7-4-8-16)19-15-6-5-14(17)13-10-18-11(2)9-12(13)15/h5-6,9-10,19H,3-4,7-8,17H2,1-2H3. The Morgan fingerprint density at radius 3 is 2.74 bits per heavy atom. The van der Waals surface area contributed by atoms with Gasteiger partial charge >= 0.3 is 0 Å². The number of aromatic nitrogens is 1. The Morgan fingerprint density at radius 1 is 1.32 bits per heavy atom. The summed E-state index contributed by atoms with van der Waals surface area (Å²) in [6, 6.07) is 6.20. The molecule has 3 rings (SSSR count). The Hall–Kier alpha value is -1.77. The van der Waals surface area contributed by atoms with Gasteiger partial charge in [0.15, 0.2) is 0 Å². The minimum atomic E-state index is 0.292. The van der Waals surface area contributed by atoms with E-state index < -0.39 is 0 Å². The topological polar surface area (TPSA) is 50.9 Å². The summed E-state index contributed by atoms with van der Waals surface area (Å²) < 4.78 is 0. The van der Waals surface area contributed by atoms with Gasteiger partial charge in [-0.1, -0.05) is 6.92 Å². The molecule has 0 saturated heterocycles. The van der Waals surface area contributed by atoms with Crippen LogP contribution in [0.2, 0.25) is 0 Å². The molecule has 19 heavy (non-hydrogen) atoms. The molecule has 3 N–H and O–H groups in total. The molecule has 0 aliphatic heterocycles. The molecule has 0 bridgehead atoms. The number of rotatable bonds is 3. The van der Waals surface area contributed by atoms with Crippen LogP contribution in [0, 0.1) is 6.92 Å². The van der Waals surface area contributed by atoms with Crippen LogP contribution in [0.25, 0.3) is 10.8 Å². The number of hydrogen-bond donors (Lipinski definition) is 2. The second kappa shape index (κ2) is 4.41. The van der Waals surface area contributed by atoms with Crippen molar-refractivity contribution >= 4 is 22.1 Å². The normalized spacial score (nSPS) is 17.2. The molecule has 1 saturated carbocycles. The van der Waals surface area contributed by atoms with Gasteiger partial charge in [-0.25, -0.2) is 0 Å². The fraction of sp³-hybridized carbons (Fsp3) is 0.438. The molecule has 100 valence electrons. The highest BCUT2D eigenvalue weighted by molar-refractivity contribution is 6.01. The molecule has 1 aromatic carbocycles. The van der Waals surface area contributed by atoms with Crippen LogP contribution in [0.3, 0.4) is 0 Å². The maximum absolute atomic E-state index is 6.05. The van der Waals surface area contributed by atoms with Crippen molar-refractivity contribution in [3.8, 4) is 0 Å². The van der Waals surface area contributed by atoms with E-state index in [0.717, 1.165) is 16.8 Å². The lowest BCUT2D eigenvalue weighted by Crippen LogP contribution is -2.44. The van der Waals surface area contributed by atoms with E-state index in [1.807, 2.05) is 19.2 Å². The van der Waals surface area contributed by atoms with Gasteiger partial charge < -0.3 is 11.1 Å². The molecule has 3 heteroatoms. The van der Waals surface area contributed by atoms with Gasteiger partial charge in [0.05, 0.1) is 0 Å². The van der Waals surface area contributed by atoms with Gasteiger partial charge in [-0.2, -0.15) is 0 Å². The predicted octanol–water partition coefficient (Wildman–Crippen LogP) is 3.87. The molecule has 1 aromatic heterocycles. The molecule has 1 heterocycles. The Kier molecular flexibility index (Phi) is 2.85. The van der Waals surface area contributed by atoms with Crippen molar-refractivity contribution in [1.29, 1.82) is 0 Å². The van der Waals surface area contributed by atoms with Crippen molar-refractivity contribution < 1.29 is 0 Å². The van der Waals surface area contributed by atoms with Crippen LogP contribution >= 0.6 is 0 Å². The highest BCUT2D eigenvalue weighted by Gasteiger charge is 2.35. The monoisotopic (exact) mass is 255 g/mol. The average molecular weight is 255 g/mol. The Balaban J connectivity index is 2.08. The summed E-state index contributed by atoms with van der Waals surface area (Å²) in [7, 11) is 0. The summed E-state index contributed by atoms with van der Waals surface area (Å²) in [6.07, 6.45) is 6.90. The van der Waals surface area contributed by atoms with Crippen LogP contribution in [0.15, 0.2) is 24.4 Å². The highest BCUT2D eigenvalue weighted by atomic mass is 15.0. The van der Waals surface area contributed by atoms with Crippen LogP contribution in [0.5, 0.6) is 0 Å². The second-order valence-corrected chi connectivity index (χ2v) is 5.69. The van der Waals surface area contributed by atoms with Gasteiger partial charge in [-0.3, -0.25) is 4.98 Å². The quantitative estimate of drug-likeness (QED) is 0.819. The molecule has 2 aromatic rings. The fourth-order valence-electron chi connectivity index (χ4n) is 2.93. The highest BCUT2D eigenvalue weighted by Crippen LogP contribution is 2.40. The Labute approximate surface area is 114 Å². The first-order valence-corrected chi connectivity index (χ1v) is 7.06. The molecular formula is C16H21N3. The number of anilines is 2. The van der Waals surface area contributed by atoms with Crippen molar-refractivity contribution in [3.63, 3.8) is 0 Å². The van der Waals surface area contributed by atoms with Crippen molar-refractivity contribution in [1.82, 2.24) is 4.98 Å². The number of pyridine rings is 1. The third-order valence-electron chi connectivity index (χ3n) is 4.46. The van der Waals surface area contributed by atoms with Crippen molar-refractivity contribution in [2.45, 2.75) is 45.1 Å². The summed E-state index contributed by atoms with van der Waals surface area (Å²) in [6.45, 7) is 4.28. The van der Waals surface area contributed by atoms with Gasteiger partial charge in [-0.15, -0.1) is 0 Å². The lowest BCUT2D eigenvalue weighted by molar-refractivity contribution is 0.270. The van der Waals surface area contributed by atoms with Gasteiger partial charge in [0.2, 0.25) is 0 Å². The number of benzene rings is 1. The fourth-order valence-corrected chi connectivity index (χ4v) is 2.93. The molecule has 1 aliphatic rings. The van der Waals surface area contributed by atoms with Crippen molar-refractivity contribution in [2.24, 2.45) is 0 Å². The first-order chi connectivity index (χ1) is 9.13. The van der Waals surface area contributed by atoms with Crippen molar-refractivity contribution in [3.05, 3.63) is 30.1 Å². The third kappa shape index (κ3) is 2.03. The zero-order valence-corrected chi connectivity index (χ0v) is 11.7. The van der Waals surface area contributed by atoms with Gasteiger partial charge in [-0.05, 0) is 50.8 Å². The van der Waals surface area contributed by atoms with E-state index in [1.165, 1.54) is 36.8 Å². The Morgan fingerprint density at radius 2 is 2.11 bits per heavy atom. The summed E-state index contributed by atoms with van der Waals surface area (Å²) in [5.41, 5.74) is 9.36. The smallest absolute Gasteiger partial charge is 0.0426 e. The minimum Gasteiger partial charge on any atom is -0.398 e. The minimum absolute atomic E-state index is 0.292. The summed E-state index contributed by atoms with van der Waals surface area (Å²) in [4.78, 5) is 4.35. The van der Waals surface area contributed by atoms with E-state index >= 15 is 0 Å². The largest absolute Gasteiger partial charge is 0.398 e. The zero-order valence-electron chi connectivity index (χ0n) is 11.7. The van der Waals surface area contributed by atoms with E-state index in [4.69, 9.17) is 5.73 Å². The number of aryl methyl sites for hydroxylation is 1. The number of nitrogens with one attached hydrogen (secondary N) is 1. The molecule has 0 atom stereocenters. The SMILES string of the molecule is CCC1(Nc2ccc(N)c3cnc(C)cc23)CCC1. The number of nitrogens with two attached hydrogens (primary N) is 1. The van der Waals surface area contributed by atoms with E-state index in [0.29, 0.717) is 5.54 Å². The molecular weight excluding hydrogens is 234 g/mol. The number of nitrogen functional groups attached to an aromatic ring is 1. The predicted molar refractivity (Wildman–Crippen MR) is 81.4 cm³/mol. The third-order valence-corrected chi connectivity index (χ3v) is 4.46. The summed E-state index contributed by atoms with van der Waals surface area (Å²) in [5, 5.41) is 5.99. The zero-order chi connectivity index (χ0) is 13.5. The van der Waals surface area contributed by atoms with Crippen molar-refractivity contribution in [2.75, 3.05) is 11.1 Å². The number of nitrogens with zero attached hydrogens (tertiary/aromatic N) is 1. The molecule has 0 radical (unpaired) electrons. The molecule has 0 unspecified atom stereocenters. The van der Waals surface area contributed by atoms with Crippen LogP contribution in [-0.4, -0.2) is 10.5 Å². The summed E-state index contributed by atoms with van der Waals surface area (Å²) >= 11 is 0. The summed E-state index contributed by atoms with van der Waals surface area (Å²) in [5.74, 6) is 0. The van der Waals surface area contributed by atoms with E-state index in [9.17, 15) is 0 Å². The lowest BCUT2D eigenvalue weighted by atomic mass is 9.74. The van der Waals surface area contributed by atoms with Crippen LogP contribution in [0.4, 0.5) is 11.4 Å². The van der Waals surface area contributed by atoms with Gasteiger partial charge in [0.1, 0.15) is 0 Å². The van der Waals surface area contributed by atoms with E-state index in [2.05, 4.69) is 29.4 Å². The first-order valence-electron chi connectivity index (χ1n) is 7.06. The van der Waals surface area contributed by atoms with Gasteiger partial charge in [0, 0.05) is 39.6 Å². The molecule has 1 aliphatic carbocycles. The van der Waals surface area contributed by atoms with Crippen LogP contribution < -0.4 is 11.1 Å². The van der Waals surface area contributed by atoms with Crippen LogP contribution in [-0.2, 0) is 0 Å². The molecule has 3 nitrogen and oxygen atoms in total. The first kappa shape index (κ1) is 12.3. The van der Waals surface area contributed by atoms with Crippen LogP contribution in [0.1, 0.15) is 38.3 Å². The lowest BCUT2D eigenvalue weighted by Gasteiger charge is -2.43. The average Bonchev–Trinajstić information content (AvgIpc) is 2.36. The van der Waals surface area contributed by atoms with Gasteiger partial charge in [0.25, 0.3) is 0 Å². The maximum Gasteiger partial charge on any atom is 0.0426 e. The molecule has 0 amide bonds. The van der Waals surface area contributed by atoms with E-state index in [-0.39, 0.29) is 0 Å². The Bertz CT molecular complexity index is 609. The van der Waals surface area contributed by atoms with E-state index in [1.54, 1.807) is 0 Å². The molecule has 0 spiro atoms.